The largest absolute Gasteiger partial charge is 0.364 e. The predicted octanol–water partition coefficient (Wildman–Crippen LogP) is 5.97. The molecular formula is C58H66N6O22S7. The Kier molecular flexibility index (Phi) is 20.5. The molecule has 1 unspecified atom stereocenters. The summed E-state index contributed by atoms with van der Waals surface area (Å²) in [4.78, 5) is 30.6. The number of hydrogen-bond acceptors (Lipinski definition) is 19. The maximum Gasteiger partial charge on any atom is 0.295 e. The summed E-state index contributed by atoms with van der Waals surface area (Å²) < 4.78 is 234. The van der Waals surface area contributed by atoms with Crippen molar-refractivity contribution in [2.24, 2.45) is 5.14 Å². The molecule has 0 saturated carbocycles. The average Bonchev–Trinajstić information content (AvgIpc) is 1.61. The third-order valence-electron chi connectivity index (χ3n) is 16.0. The monoisotopic (exact) mass is 1420 g/mol. The fraction of sp³-hybridized carbons (Fsp3) is 0.328. The molecule has 2 aliphatic heterocycles. The van der Waals surface area contributed by atoms with E-state index in [1.54, 1.807) is 61.8 Å². The number of fused-ring (bicyclic) bond motifs is 6. The van der Waals surface area contributed by atoms with Gasteiger partial charge < -0.3 is 20.4 Å². The van der Waals surface area contributed by atoms with E-state index in [2.05, 4.69) is 15.6 Å². The predicted molar refractivity (Wildman–Crippen MR) is 344 cm³/mol. The second-order valence-corrected chi connectivity index (χ2v) is 33.6. The minimum Gasteiger partial charge on any atom is -0.364 e. The van der Waals surface area contributed by atoms with Crippen molar-refractivity contribution in [3.05, 3.63) is 149 Å². The fourth-order valence-electron chi connectivity index (χ4n) is 11.8. The SMILES string of the molecule is CC1(C)C(=CC=C(/C=C/C2N(CCCS(=O)(=O)O)c3ccc4c(S(=O)(=O)O)cc(S(=O)(=O)O)cc4c3C2(C)C)c2ccc(C(=O)NCCCCCC(=O)NCc3ccc(S(N)(=O)=O)cc3)cn2)N(CCCS(=O)(=O)O)c2ccc3c(S(=O)(=O)O)cc(S(=O)(=O)O)cc3c21. The third kappa shape index (κ3) is 16.7. The maximum atomic E-state index is 13.6. The number of primary sulfonamides is 1. The lowest BCUT2D eigenvalue weighted by Crippen LogP contribution is -2.41. The molecule has 0 aliphatic carbocycles. The van der Waals surface area contributed by atoms with E-state index in [9.17, 15) is 95.8 Å². The van der Waals surface area contributed by atoms with Crippen LogP contribution in [-0.4, -0.2) is 140 Å². The molecule has 1 atom stereocenters. The molecule has 0 bridgehead atoms. The smallest absolute Gasteiger partial charge is 0.295 e. The molecule has 93 heavy (non-hydrogen) atoms. The number of aromatic nitrogens is 1. The summed E-state index contributed by atoms with van der Waals surface area (Å²) in [6.07, 6.45) is 8.91. The summed E-state index contributed by atoms with van der Waals surface area (Å²) in [5.41, 5.74) is 0.0555. The van der Waals surface area contributed by atoms with Crippen LogP contribution >= 0.6 is 0 Å². The Hall–Kier alpha value is -7.10. The molecule has 6 aromatic rings. The van der Waals surface area contributed by atoms with E-state index in [0.717, 1.165) is 12.1 Å². The van der Waals surface area contributed by atoms with Crippen molar-refractivity contribution in [3.63, 3.8) is 0 Å². The summed E-state index contributed by atoms with van der Waals surface area (Å²) in [5, 5.41) is 10.3. The number of amides is 2. The summed E-state index contributed by atoms with van der Waals surface area (Å²) in [6, 6.07) is 16.5. The Morgan fingerprint density at radius 3 is 1.66 bits per heavy atom. The molecule has 3 heterocycles. The van der Waals surface area contributed by atoms with Gasteiger partial charge >= 0.3 is 0 Å². The van der Waals surface area contributed by atoms with Gasteiger partial charge in [-0.25, -0.2) is 13.6 Å². The highest BCUT2D eigenvalue weighted by atomic mass is 32.2. The van der Waals surface area contributed by atoms with E-state index < -0.39 is 125 Å². The molecule has 0 radical (unpaired) electrons. The highest BCUT2D eigenvalue weighted by Gasteiger charge is 2.46. The van der Waals surface area contributed by atoms with E-state index in [1.165, 1.54) is 66.9 Å². The lowest BCUT2D eigenvalue weighted by atomic mass is 9.78. The van der Waals surface area contributed by atoms with E-state index in [-0.39, 0.29) is 111 Å². The van der Waals surface area contributed by atoms with Gasteiger partial charge in [0.15, 0.2) is 0 Å². The lowest BCUT2D eigenvalue weighted by Gasteiger charge is -2.32. The number of carbonyl (C=O) groups excluding carboxylic acids is 2. The molecule has 0 saturated heterocycles. The number of nitrogens with zero attached hydrogens (tertiary/aromatic N) is 3. The van der Waals surface area contributed by atoms with Crippen LogP contribution in [0.1, 0.15) is 99.0 Å². The van der Waals surface area contributed by atoms with Crippen LogP contribution in [-0.2, 0) is 92.9 Å². The number of benzene rings is 5. The van der Waals surface area contributed by atoms with Crippen molar-refractivity contribution in [3.8, 4) is 0 Å². The standard InChI is InChI=1S/C58H66N6O22S7/c1-57(2)51(63(26-8-28-87(67,68)69)47-21-18-42-44(54(47)57)30-40(90(75,76)77)32-49(42)92(81,82)83)23-14-37(46-20-13-38(35-61-46)56(66)60-25-7-5-6-10-53(65)62-34-36-11-16-39(17-12-36)89(59,73)74)15-24-52-58(3,4)55-45-31-41(91(78,79)80)33-50(93(84,85)86)43(45)19-22-48(55)64(52)27-9-29-88(70,71)72/h11-24,30-33,35,51H,5-10,25-29,34H2,1-4H3,(H,60,66)(H,62,65)(H2,59,73,74)(H,67,68,69)(H,70,71,72)(H,75,76,77)(H,78,79,80)(H,81,82,83)(H,84,85,86)/b23-14+,37-15?,52-24?. The molecule has 10 N–H and O–H groups in total. The van der Waals surface area contributed by atoms with Gasteiger partial charge in [0.2, 0.25) is 15.9 Å². The first-order valence-corrected chi connectivity index (χ1v) is 38.7. The number of hydrogen-bond donors (Lipinski definition) is 9. The van der Waals surface area contributed by atoms with Gasteiger partial charge in [0.1, 0.15) is 9.79 Å². The van der Waals surface area contributed by atoms with Crippen molar-refractivity contribution in [2.75, 3.05) is 40.9 Å². The molecule has 502 valence electrons. The molecule has 28 nitrogen and oxygen atoms in total. The minimum atomic E-state index is -5.17. The van der Waals surface area contributed by atoms with Crippen molar-refractivity contribution < 1.29 is 95.8 Å². The first-order valence-electron chi connectivity index (χ1n) is 28.2. The minimum absolute atomic E-state index is 0.0431. The highest BCUT2D eigenvalue weighted by molar-refractivity contribution is 7.89. The molecule has 8 rings (SSSR count). The zero-order chi connectivity index (χ0) is 68.8. The Bertz CT molecular complexity index is 4940. The van der Waals surface area contributed by atoms with E-state index >= 15 is 0 Å². The zero-order valence-electron chi connectivity index (χ0n) is 50.0. The van der Waals surface area contributed by atoms with Gasteiger partial charge in [-0.2, -0.15) is 50.5 Å². The molecule has 0 spiro atoms. The third-order valence-corrected chi connectivity index (χ3v) is 22.0. The number of nitrogens with one attached hydrogen (secondary N) is 2. The average molecular weight is 1420 g/mol. The lowest BCUT2D eigenvalue weighted by molar-refractivity contribution is -0.121. The Morgan fingerprint density at radius 2 is 1.14 bits per heavy atom. The van der Waals surface area contributed by atoms with Crippen molar-refractivity contribution >= 4 is 121 Å². The molecule has 5 aromatic carbocycles. The number of allylic oxidation sites excluding steroid dienone is 5. The van der Waals surface area contributed by atoms with E-state index in [4.69, 9.17) is 5.14 Å². The van der Waals surface area contributed by atoms with Gasteiger partial charge in [-0.15, -0.1) is 0 Å². The molecule has 2 amide bonds. The van der Waals surface area contributed by atoms with Gasteiger partial charge in [0.25, 0.3) is 66.6 Å². The van der Waals surface area contributed by atoms with Gasteiger partial charge in [-0.1, -0.05) is 76.6 Å². The molecule has 1 aromatic heterocycles. The Labute approximate surface area is 538 Å². The Morgan fingerprint density at radius 1 is 0.591 bits per heavy atom. The first-order chi connectivity index (χ1) is 42.9. The highest BCUT2D eigenvalue weighted by Crippen LogP contribution is 2.53. The van der Waals surface area contributed by atoms with Crippen molar-refractivity contribution in [2.45, 2.75) is 114 Å². The van der Waals surface area contributed by atoms with Crippen LogP contribution in [0, 0.1) is 0 Å². The van der Waals surface area contributed by atoms with Crippen molar-refractivity contribution in [1.29, 1.82) is 0 Å². The number of anilines is 2. The van der Waals surface area contributed by atoms with Gasteiger partial charge in [0, 0.05) is 77.5 Å². The number of rotatable bonds is 26. The second-order valence-electron chi connectivity index (χ2n) is 23.3. The van der Waals surface area contributed by atoms with Crippen LogP contribution in [0.2, 0.25) is 0 Å². The number of carbonyl (C=O) groups is 2. The fourth-order valence-corrected chi connectivity index (χ4v) is 15.9. The summed E-state index contributed by atoms with van der Waals surface area (Å²) in [7, 11) is -33.6. The maximum absolute atomic E-state index is 13.6. The van der Waals surface area contributed by atoms with Gasteiger partial charge in [-0.3, -0.25) is 41.9 Å². The van der Waals surface area contributed by atoms with Gasteiger partial charge in [-0.05, 0) is 125 Å². The molecule has 35 heteroatoms. The van der Waals surface area contributed by atoms with Crippen LogP contribution < -0.4 is 25.6 Å². The van der Waals surface area contributed by atoms with Crippen molar-refractivity contribution in [1.82, 2.24) is 15.6 Å². The number of sulfonamides is 1. The number of nitrogens with two attached hydrogens (primary N) is 1. The summed E-state index contributed by atoms with van der Waals surface area (Å²) in [6.45, 7) is 6.80. The second kappa shape index (κ2) is 26.6. The Balaban J connectivity index is 1.19. The first kappa shape index (κ1) is 71.7. The normalized spacial score (nSPS) is 16.7. The van der Waals surface area contributed by atoms with Crippen LogP contribution in [0.3, 0.4) is 0 Å². The van der Waals surface area contributed by atoms with Crippen LogP contribution in [0.25, 0.3) is 27.1 Å². The van der Waals surface area contributed by atoms with Gasteiger partial charge in [0.05, 0.1) is 43.5 Å². The van der Waals surface area contributed by atoms with Crippen LogP contribution in [0.4, 0.5) is 11.4 Å². The molecule has 0 fully saturated rings. The number of unbranched alkanes of at least 4 members (excludes halogenated alkanes) is 2. The zero-order valence-corrected chi connectivity index (χ0v) is 55.7. The summed E-state index contributed by atoms with van der Waals surface area (Å²) >= 11 is 0. The molecular weight excluding hydrogens is 1360 g/mol. The molecule has 2 aliphatic rings. The van der Waals surface area contributed by atoms with E-state index in [1.807, 2.05) is 0 Å². The summed E-state index contributed by atoms with van der Waals surface area (Å²) in [5.74, 6) is -2.23. The quantitative estimate of drug-likeness (QED) is 0.0171. The van der Waals surface area contributed by atoms with Crippen LogP contribution in [0.15, 0.2) is 146 Å². The number of pyridine rings is 1. The topological polar surface area (TPSA) is 464 Å². The van der Waals surface area contributed by atoms with Crippen LogP contribution in [0.5, 0.6) is 0 Å². The van der Waals surface area contributed by atoms with E-state index in [0.29, 0.717) is 48.3 Å².